The van der Waals surface area contributed by atoms with E-state index in [0.29, 0.717) is 13.0 Å². The van der Waals surface area contributed by atoms with Crippen molar-refractivity contribution < 1.29 is 27.0 Å². The second-order valence-corrected chi connectivity index (χ2v) is 10.5. The number of nitriles is 1. The Morgan fingerprint density at radius 2 is 2.22 bits per heavy atom. The van der Waals surface area contributed by atoms with Gasteiger partial charge in [-0.15, -0.1) is 0 Å². The van der Waals surface area contributed by atoms with Crippen LogP contribution in [0, 0.1) is 17.1 Å². The number of hydrogen-bond donors (Lipinski definition) is 0. The SMILES string of the molecule is CC1N=c2c(Cl)c(Br)c(F)c3c2=C(N(CC(F)F)C=C(OC[C@@]24CCCN2C[C@H](F)C4)O3)N1CC#N. The highest BCUT2D eigenvalue weighted by Gasteiger charge is 2.49. The first-order valence-electron chi connectivity index (χ1n) is 11.5. The molecular formula is C23H23BrClF4N5O2. The van der Waals surface area contributed by atoms with Crippen molar-refractivity contribution in [3.05, 3.63) is 38.0 Å². The van der Waals surface area contributed by atoms with Crippen molar-refractivity contribution in [1.29, 1.82) is 5.26 Å². The summed E-state index contributed by atoms with van der Waals surface area (Å²) in [5.74, 6) is -1.28. The molecule has 0 N–H and O–H groups in total. The Bertz CT molecular complexity index is 1270. The van der Waals surface area contributed by atoms with E-state index in [1.165, 1.54) is 16.0 Å². The molecule has 4 aliphatic rings. The summed E-state index contributed by atoms with van der Waals surface area (Å²) in [4.78, 5) is 9.19. The Hall–Kier alpha value is -2.23. The van der Waals surface area contributed by atoms with E-state index in [4.69, 9.17) is 21.1 Å². The van der Waals surface area contributed by atoms with Gasteiger partial charge >= 0.3 is 5.95 Å². The van der Waals surface area contributed by atoms with Crippen molar-refractivity contribution in [3.8, 4) is 11.8 Å². The van der Waals surface area contributed by atoms with Crippen molar-refractivity contribution in [2.24, 2.45) is 4.99 Å². The van der Waals surface area contributed by atoms with Crippen molar-refractivity contribution in [2.75, 3.05) is 32.8 Å². The minimum atomic E-state index is -2.78. The molecule has 1 aromatic carbocycles. The maximum atomic E-state index is 15.5. The summed E-state index contributed by atoms with van der Waals surface area (Å²) in [6, 6.07) is 2.00. The zero-order valence-electron chi connectivity index (χ0n) is 19.3. The minimum absolute atomic E-state index is 0.0439. The number of alkyl halides is 3. The normalized spacial score (nSPS) is 27.2. The van der Waals surface area contributed by atoms with Crippen LogP contribution in [0.25, 0.3) is 5.82 Å². The Morgan fingerprint density at radius 3 is 2.94 bits per heavy atom. The lowest BCUT2D eigenvalue weighted by Crippen LogP contribution is -2.50. The zero-order chi connectivity index (χ0) is 25.8. The van der Waals surface area contributed by atoms with Crippen LogP contribution in [0.3, 0.4) is 0 Å². The first-order chi connectivity index (χ1) is 17.1. The molecule has 0 amide bonds. The van der Waals surface area contributed by atoms with Crippen molar-refractivity contribution in [3.63, 3.8) is 0 Å². The summed E-state index contributed by atoms with van der Waals surface area (Å²) in [6.07, 6.45) is -1.28. The maximum absolute atomic E-state index is 15.5. The fourth-order valence-corrected chi connectivity index (χ4v) is 6.14. The van der Waals surface area contributed by atoms with Crippen LogP contribution in [-0.4, -0.2) is 71.8 Å². The average molecular weight is 593 g/mol. The van der Waals surface area contributed by atoms with Gasteiger partial charge in [0, 0.05) is 13.0 Å². The van der Waals surface area contributed by atoms with E-state index >= 15 is 4.39 Å². The van der Waals surface area contributed by atoms with Gasteiger partial charge in [0.15, 0.2) is 11.6 Å². The predicted octanol–water partition coefficient (Wildman–Crippen LogP) is 3.46. The number of halogens is 6. The number of fused-ring (bicyclic) bond motifs is 1. The fraction of sp³-hybridized carbons (Fsp3) is 0.565. The molecule has 1 unspecified atom stereocenters. The molecule has 36 heavy (non-hydrogen) atoms. The molecule has 13 heteroatoms. The Morgan fingerprint density at radius 1 is 1.44 bits per heavy atom. The molecule has 0 bridgehead atoms. The third-order valence-electron chi connectivity index (χ3n) is 7.07. The summed E-state index contributed by atoms with van der Waals surface area (Å²) < 4.78 is 68.9. The smallest absolute Gasteiger partial charge is 0.302 e. The molecule has 0 aromatic heterocycles. The Kier molecular flexibility index (Phi) is 6.76. The van der Waals surface area contributed by atoms with Gasteiger partial charge in [-0.1, -0.05) is 11.6 Å². The highest BCUT2D eigenvalue weighted by Crippen LogP contribution is 2.41. The van der Waals surface area contributed by atoms with Crippen molar-refractivity contribution in [2.45, 2.75) is 50.5 Å². The maximum Gasteiger partial charge on any atom is 0.302 e. The summed E-state index contributed by atoms with van der Waals surface area (Å²) in [6.45, 7) is 1.81. The van der Waals surface area contributed by atoms with Gasteiger partial charge in [0.1, 0.15) is 31.3 Å². The summed E-state index contributed by atoms with van der Waals surface area (Å²) in [5, 5.41) is 9.58. The van der Waals surface area contributed by atoms with E-state index in [1.54, 1.807) is 6.92 Å². The van der Waals surface area contributed by atoms with Crippen LogP contribution in [0.15, 0.2) is 21.6 Å². The molecule has 1 aromatic rings. The lowest BCUT2D eigenvalue weighted by molar-refractivity contribution is 0.0244. The minimum Gasteiger partial charge on any atom is -0.462 e. The zero-order valence-corrected chi connectivity index (χ0v) is 21.6. The van der Waals surface area contributed by atoms with Gasteiger partial charge in [-0.25, -0.2) is 17.6 Å². The molecule has 194 valence electrons. The lowest BCUT2D eigenvalue weighted by Gasteiger charge is -2.36. The van der Waals surface area contributed by atoms with E-state index in [0.717, 1.165) is 19.4 Å². The average Bonchev–Trinajstić information content (AvgIpc) is 3.28. The largest absolute Gasteiger partial charge is 0.462 e. The number of ether oxygens (including phenoxy) is 2. The van der Waals surface area contributed by atoms with E-state index in [9.17, 15) is 18.4 Å². The standard InChI is InChI=1S/C23H23BrClF4N5O2/c1-12-31-20-16-21(19(29)17(24)18(20)25)36-15(10-32(9-14(27)28)22(16)34(12)6-4-30)35-11-23-3-2-5-33(23)8-13(26)7-23/h10,12-14H,2-3,5-9,11H2,1H3/t12?,13-,23+/m1/s1. The molecule has 0 saturated carbocycles. The Balaban J connectivity index is 1.63. The molecule has 5 rings (SSSR count). The van der Waals surface area contributed by atoms with Gasteiger partial charge in [-0.3, -0.25) is 9.89 Å². The third-order valence-corrected chi connectivity index (χ3v) is 8.42. The van der Waals surface area contributed by atoms with Crippen molar-refractivity contribution >= 4 is 33.4 Å². The third kappa shape index (κ3) is 4.19. The summed E-state index contributed by atoms with van der Waals surface area (Å²) in [5.41, 5.74) is -0.534. The van der Waals surface area contributed by atoms with E-state index < -0.39 is 36.7 Å². The van der Waals surface area contributed by atoms with Crippen LogP contribution in [0.4, 0.5) is 17.6 Å². The molecule has 4 aliphatic heterocycles. The van der Waals surface area contributed by atoms with Crippen LogP contribution in [0.2, 0.25) is 5.02 Å². The van der Waals surface area contributed by atoms with Gasteiger partial charge < -0.3 is 19.3 Å². The van der Waals surface area contributed by atoms with Gasteiger partial charge in [-0.05, 0) is 42.2 Å². The number of nitrogens with zero attached hydrogens (tertiary/aromatic N) is 5. The van der Waals surface area contributed by atoms with Gasteiger partial charge in [0.25, 0.3) is 6.43 Å². The summed E-state index contributed by atoms with van der Waals surface area (Å²) in [7, 11) is 0. The Labute approximate surface area is 218 Å². The monoisotopic (exact) mass is 591 g/mol. The van der Waals surface area contributed by atoms with Crippen LogP contribution < -0.4 is 15.3 Å². The van der Waals surface area contributed by atoms with Gasteiger partial charge in [0.05, 0.1) is 44.4 Å². The van der Waals surface area contributed by atoms with Crippen LogP contribution in [0.5, 0.6) is 5.75 Å². The quantitative estimate of drug-likeness (QED) is 0.287. The predicted molar refractivity (Wildman–Crippen MR) is 126 cm³/mol. The number of benzene rings is 1. The first-order valence-corrected chi connectivity index (χ1v) is 12.7. The highest BCUT2D eigenvalue weighted by molar-refractivity contribution is 9.10. The fourth-order valence-electron chi connectivity index (χ4n) is 5.54. The van der Waals surface area contributed by atoms with Crippen molar-refractivity contribution in [1.82, 2.24) is 14.7 Å². The van der Waals surface area contributed by atoms with Crippen LogP contribution >= 0.6 is 27.5 Å². The van der Waals surface area contributed by atoms with E-state index in [1.807, 2.05) is 11.0 Å². The molecule has 2 saturated heterocycles. The molecule has 0 aliphatic carbocycles. The number of hydrogen-bond acceptors (Lipinski definition) is 7. The molecule has 4 heterocycles. The van der Waals surface area contributed by atoms with Gasteiger partial charge in [0.2, 0.25) is 0 Å². The molecule has 2 fully saturated rings. The number of rotatable bonds is 6. The first kappa shape index (κ1) is 25.4. The van der Waals surface area contributed by atoms with Crippen LogP contribution in [0.1, 0.15) is 26.2 Å². The van der Waals surface area contributed by atoms with Crippen LogP contribution in [-0.2, 0) is 4.74 Å². The van der Waals surface area contributed by atoms with Gasteiger partial charge in [-0.2, -0.15) is 5.26 Å². The second-order valence-electron chi connectivity index (χ2n) is 9.32. The molecule has 0 spiro atoms. The molecule has 7 nitrogen and oxygen atoms in total. The molecular weight excluding hydrogens is 570 g/mol. The summed E-state index contributed by atoms with van der Waals surface area (Å²) >= 11 is 9.53. The second kappa shape index (κ2) is 9.58. The lowest BCUT2D eigenvalue weighted by atomic mass is 9.95. The van der Waals surface area contributed by atoms with E-state index in [-0.39, 0.29) is 50.7 Å². The van der Waals surface area contributed by atoms with E-state index in [2.05, 4.69) is 20.9 Å². The molecule has 3 atom stereocenters. The topological polar surface area (TPSA) is 64.3 Å². The molecule has 0 radical (unpaired) electrons. The highest BCUT2D eigenvalue weighted by atomic mass is 79.9.